The van der Waals surface area contributed by atoms with Gasteiger partial charge < -0.3 is 14.8 Å². The van der Waals surface area contributed by atoms with E-state index in [1.54, 1.807) is 20.8 Å². The smallest absolute Gasteiger partial charge is 0.407 e. The van der Waals surface area contributed by atoms with Crippen molar-refractivity contribution in [1.82, 2.24) is 5.32 Å². The van der Waals surface area contributed by atoms with Gasteiger partial charge in [0.25, 0.3) is 0 Å². The van der Waals surface area contributed by atoms with Crippen LogP contribution in [0.3, 0.4) is 0 Å². The van der Waals surface area contributed by atoms with Crippen molar-refractivity contribution in [2.45, 2.75) is 50.2 Å². The summed E-state index contributed by atoms with van der Waals surface area (Å²) in [4.78, 5) is 11.6. The molecule has 0 saturated carbocycles. The van der Waals surface area contributed by atoms with E-state index in [0.717, 1.165) is 5.56 Å². The highest BCUT2D eigenvalue weighted by Crippen LogP contribution is 2.30. The summed E-state index contributed by atoms with van der Waals surface area (Å²) in [5.41, 5.74) is 0.153. The Bertz CT molecular complexity index is 712. The van der Waals surface area contributed by atoms with Crippen LogP contribution in [0.5, 0.6) is 5.75 Å². The molecule has 1 unspecified atom stereocenters. The minimum Gasteiger partial charge on any atom is -0.488 e. The second-order valence-corrected chi connectivity index (χ2v) is 8.57. The molecule has 0 fully saturated rings. The molecule has 1 aromatic rings. The number of amides is 1. The molecule has 8 heteroatoms. The van der Waals surface area contributed by atoms with Crippen molar-refractivity contribution in [3.05, 3.63) is 23.8 Å². The quantitative estimate of drug-likeness (QED) is 0.894. The van der Waals surface area contributed by atoms with Crippen LogP contribution in [0.25, 0.3) is 0 Å². The molecule has 1 aliphatic heterocycles. The largest absolute Gasteiger partial charge is 0.488 e. The number of carbonyl (C=O) groups excluding carboxylic acids is 1. The van der Waals surface area contributed by atoms with Crippen LogP contribution in [0, 0.1) is 0 Å². The molecule has 1 amide bonds. The van der Waals surface area contributed by atoms with Crippen molar-refractivity contribution in [1.29, 1.82) is 0 Å². The zero-order chi connectivity index (χ0) is 18.0. The molecule has 1 N–H and O–H groups in total. The van der Waals surface area contributed by atoms with E-state index >= 15 is 0 Å². The van der Waals surface area contributed by atoms with E-state index in [9.17, 15) is 17.6 Å². The fraction of sp³-hybridized carbons (Fsp3) is 0.562. The van der Waals surface area contributed by atoms with Gasteiger partial charge in [-0.15, -0.1) is 0 Å². The highest BCUT2D eigenvalue weighted by Gasteiger charge is 2.24. The molecular weight excluding hydrogens is 337 g/mol. The SMILES string of the molecule is CC(C)(C)OC(=O)NCC1CCc2cc(S(=O)(=O)CF)ccc2O1. The third kappa shape index (κ3) is 4.83. The van der Waals surface area contributed by atoms with Gasteiger partial charge in [0.1, 0.15) is 17.5 Å². The number of ether oxygens (including phenoxy) is 2. The first-order valence-corrected chi connectivity index (χ1v) is 9.31. The van der Waals surface area contributed by atoms with Crippen molar-refractivity contribution in [2.24, 2.45) is 0 Å². The molecule has 24 heavy (non-hydrogen) atoms. The van der Waals surface area contributed by atoms with E-state index in [2.05, 4.69) is 5.32 Å². The fourth-order valence-electron chi connectivity index (χ4n) is 2.33. The first kappa shape index (κ1) is 18.5. The Kier molecular flexibility index (Phi) is 5.37. The van der Waals surface area contributed by atoms with Crippen LogP contribution in [0.4, 0.5) is 9.18 Å². The van der Waals surface area contributed by atoms with Crippen LogP contribution in [0.2, 0.25) is 0 Å². The number of benzene rings is 1. The third-order valence-corrected chi connectivity index (χ3v) is 4.70. The first-order chi connectivity index (χ1) is 11.1. The molecule has 0 bridgehead atoms. The highest BCUT2D eigenvalue weighted by atomic mass is 32.2. The Morgan fingerprint density at radius 2 is 2.12 bits per heavy atom. The predicted molar refractivity (Wildman–Crippen MR) is 86.6 cm³/mol. The standard InChI is InChI=1S/C16H22FNO5S/c1-16(2,3)23-15(19)18-9-12-5-4-11-8-13(24(20,21)10-17)6-7-14(11)22-12/h6-8,12H,4-5,9-10H2,1-3H3,(H,18,19). The molecule has 134 valence electrons. The topological polar surface area (TPSA) is 81.7 Å². The number of carbonyl (C=O) groups is 1. The Morgan fingerprint density at radius 1 is 1.42 bits per heavy atom. The molecular formula is C16H22FNO5S. The molecule has 1 aromatic carbocycles. The van der Waals surface area contributed by atoms with Gasteiger partial charge in [-0.3, -0.25) is 0 Å². The van der Waals surface area contributed by atoms with Crippen LogP contribution in [0.15, 0.2) is 23.1 Å². The number of alkyl carbamates (subject to hydrolysis) is 1. The van der Waals surface area contributed by atoms with Gasteiger partial charge in [0, 0.05) is 0 Å². The number of alkyl halides is 1. The second-order valence-electron chi connectivity index (χ2n) is 6.65. The molecule has 1 atom stereocenters. The summed E-state index contributed by atoms with van der Waals surface area (Å²) in [7, 11) is -3.88. The molecule has 0 spiro atoms. The summed E-state index contributed by atoms with van der Waals surface area (Å²) in [6.07, 6.45) is 0.461. The van der Waals surface area contributed by atoms with E-state index in [0.29, 0.717) is 25.1 Å². The Hall–Kier alpha value is -1.83. The lowest BCUT2D eigenvalue weighted by atomic mass is 10.0. The maximum atomic E-state index is 12.6. The van der Waals surface area contributed by atoms with Gasteiger partial charge in [-0.25, -0.2) is 17.6 Å². The van der Waals surface area contributed by atoms with Gasteiger partial charge in [0.05, 0.1) is 11.4 Å². The zero-order valence-electron chi connectivity index (χ0n) is 14.0. The number of hydrogen-bond acceptors (Lipinski definition) is 5. The van der Waals surface area contributed by atoms with Crippen LogP contribution in [-0.4, -0.2) is 38.8 Å². The molecule has 0 radical (unpaired) electrons. The average molecular weight is 359 g/mol. The number of hydrogen-bond donors (Lipinski definition) is 1. The van der Waals surface area contributed by atoms with E-state index in [1.165, 1.54) is 18.2 Å². The van der Waals surface area contributed by atoms with Gasteiger partial charge in [-0.2, -0.15) is 0 Å². The fourth-order valence-corrected chi connectivity index (χ4v) is 3.06. The first-order valence-electron chi connectivity index (χ1n) is 7.66. The Balaban J connectivity index is 1.97. The van der Waals surface area contributed by atoms with E-state index in [-0.39, 0.29) is 11.0 Å². The Labute approximate surface area is 141 Å². The lowest BCUT2D eigenvalue weighted by Gasteiger charge is -2.27. The summed E-state index contributed by atoms with van der Waals surface area (Å²) < 4.78 is 46.6. The van der Waals surface area contributed by atoms with Crippen molar-refractivity contribution < 1.29 is 27.1 Å². The van der Waals surface area contributed by atoms with Crippen molar-refractivity contribution in [3.63, 3.8) is 0 Å². The van der Waals surface area contributed by atoms with Gasteiger partial charge in [0.15, 0.2) is 6.01 Å². The molecule has 6 nitrogen and oxygen atoms in total. The second kappa shape index (κ2) is 6.96. The minimum absolute atomic E-state index is 0.0438. The van der Waals surface area contributed by atoms with Gasteiger partial charge in [0.2, 0.25) is 9.84 Å². The molecule has 1 aliphatic rings. The molecule has 0 saturated heterocycles. The predicted octanol–water partition coefficient (Wildman–Crippen LogP) is 2.61. The maximum Gasteiger partial charge on any atom is 0.407 e. The van der Waals surface area contributed by atoms with Crippen LogP contribution in [-0.2, 0) is 21.0 Å². The normalized spacial score (nSPS) is 17.6. The number of halogens is 1. The lowest BCUT2D eigenvalue weighted by Crippen LogP contribution is -2.40. The molecule has 0 aromatic heterocycles. The van der Waals surface area contributed by atoms with E-state index < -0.39 is 27.5 Å². The van der Waals surface area contributed by atoms with Gasteiger partial charge >= 0.3 is 6.09 Å². The summed E-state index contributed by atoms with van der Waals surface area (Å²) in [6, 6.07) is 2.88. The van der Waals surface area contributed by atoms with E-state index in [4.69, 9.17) is 9.47 Å². The van der Waals surface area contributed by atoms with Crippen molar-refractivity contribution in [2.75, 3.05) is 12.6 Å². The minimum atomic E-state index is -3.88. The number of fused-ring (bicyclic) bond motifs is 1. The van der Waals surface area contributed by atoms with Crippen LogP contribution >= 0.6 is 0 Å². The van der Waals surface area contributed by atoms with Crippen LogP contribution in [0.1, 0.15) is 32.8 Å². The summed E-state index contributed by atoms with van der Waals surface area (Å²) in [5, 5.41) is 2.65. The molecule has 0 aliphatic carbocycles. The third-order valence-electron chi connectivity index (χ3n) is 3.44. The summed E-state index contributed by atoms with van der Waals surface area (Å²) >= 11 is 0. The summed E-state index contributed by atoms with van der Waals surface area (Å²) in [6.45, 7) is 5.63. The number of aryl methyl sites for hydroxylation is 1. The molecule has 2 rings (SSSR count). The van der Waals surface area contributed by atoms with Crippen molar-refractivity contribution in [3.8, 4) is 5.75 Å². The van der Waals surface area contributed by atoms with E-state index in [1.807, 2.05) is 0 Å². The molecule has 1 heterocycles. The number of nitrogens with one attached hydrogen (secondary N) is 1. The number of rotatable bonds is 4. The van der Waals surface area contributed by atoms with Crippen LogP contribution < -0.4 is 10.1 Å². The van der Waals surface area contributed by atoms with Gasteiger partial charge in [-0.1, -0.05) is 0 Å². The maximum absolute atomic E-state index is 12.6. The highest BCUT2D eigenvalue weighted by molar-refractivity contribution is 7.91. The lowest BCUT2D eigenvalue weighted by molar-refractivity contribution is 0.0494. The zero-order valence-corrected chi connectivity index (χ0v) is 14.8. The summed E-state index contributed by atoms with van der Waals surface area (Å²) in [5.74, 6) is 0.551. The Morgan fingerprint density at radius 3 is 2.75 bits per heavy atom. The van der Waals surface area contributed by atoms with Gasteiger partial charge in [-0.05, 0) is 57.4 Å². The monoisotopic (exact) mass is 359 g/mol. The van der Waals surface area contributed by atoms with Crippen molar-refractivity contribution >= 4 is 15.9 Å². The average Bonchev–Trinajstić information content (AvgIpc) is 2.50. The number of sulfone groups is 1.